The minimum absolute atomic E-state index is 0.00836. The number of rotatable bonds is 8. The molecule has 204 valence electrons. The molecule has 1 saturated heterocycles. The Kier molecular flexibility index (Phi) is 11.5. The molecule has 37 heavy (non-hydrogen) atoms. The van der Waals surface area contributed by atoms with E-state index in [1.807, 2.05) is 39.5 Å². The van der Waals surface area contributed by atoms with Crippen molar-refractivity contribution in [2.75, 3.05) is 20.7 Å². The van der Waals surface area contributed by atoms with E-state index >= 15 is 0 Å². The summed E-state index contributed by atoms with van der Waals surface area (Å²) in [6.07, 6.45) is 9.18. The van der Waals surface area contributed by atoms with Crippen LogP contribution in [0.2, 0.25) is 0 Å². The summed E-state index contributed by atoms with van der Waals surface area (Å²) in [5, 5.41) is 15.6. The zero-order valence-electron chi connectivity index (χ0n) is 23.2. The van der Waals surface area contributed by atoms with Crippen LogP contribution in [-0.2, 0) is 18.4 Å². The SMILES string of the molecule is CC(C)c1cccc(OCc2nnc(C3CCC(N=C/C(=N\N)[C@@H]4CCCCO4)CC3)n2C)c1.CNC. The maximum Gasteiger partial charge on any atom is 0.170 e. The van der Waals surface area contributed by atoms with Gasteiger partial charge in [-0.05, 0) is 82.7 Å². The number of benzene rings is 1. The third kappa shape index (κ3) is 8.36. The van der Waals surface area contributed by atoms with Gasteiger partial charge in [0.25, 0.3) is 0 Å². The number of hydrazone groups is 1. The van der Waals surface area contributed by atoms with Crippen LogP contribution >= 0.6 is 0 Å². The van der Waals surface area contributed by atoms with Gasteiger partial charge in [0.1, 0.15) is 30.0 Å². The molecule has 2 fully saturated rings. The lowest BCUT2D eigenvalue weighted by atomic mass is 9.85. The van der Waals surface area contributed by atoms with Crippen LogP contribution in [0.15, 0.2) is 34.4 Å². The van der Waals surface area contributed by atoms with Crippen LogP contribution in [0.1, 0.15) is 87.8 Å². The van der Waals surface area contributed by atoms with Crippen molar-refractivity contribution < 1.29 is 9.47 Å². The van der Waals surface area contributed by atoms with Gasteiger partial charge in [0.05, 0.1) is 6.04 Å². The topological polar surface area (TPSA) is 112 Å². The Balaban J connectivity index is 0.00000121. The highest BCUT2D eigenvalue weighted by atomic mass is 16.5. The van der Waals surface area contributed by atoms with Gasteiger partial charge >= 0.3 is 0 Å². The van der Waals surface area contributed by atoms with Gasteiger partial charge in [0.2, 0.25) is 0 Å². The van der Waals surface area contributed by atoms with E-state index in [9.17, 15) is 0 Å². The quantitative estimate of drug-likeness (QED) is 0.310. The normalized spacial score (nSPS) is 22.6. The lowest BCUT2D eigenvalue weighted by Crippen LogP contribution is -2.30. The Hall–Kier alpha value is -2.78. The molecule has 0 amide bonds. The number of nitrogens with zero attached hydrogens (tertiary/aromatic N) is 5. The highest BCUT2D eigenvalue weighted by molar-refractivity contribution is 6.32. The van der Waals surface area contributed by atoms with Crippen molar-refractivity contribution >= 4 is 11.9 Å². The van der Waals surface area contributed by atoms with Crippen LogP contribution in [0.3, 0.4) is 0 Å². The summed E-state index contributed by atoms with van der Waals surface area (Å²) in [6.45, 7) is 5.56. The van der Waals surface area contributed by atoms with E-state index < -0.39 is 0 Å². The first-order valence-electron chi connectivity index (χ1n) is 13.6. The van der Waals surface area contributed by atoms with Gasteiger partial charge < -0.3 is 25.2 Å². The average Bonchev–Trinajstić information content (AvgIpc) is 3.29. The summed E-state index contributed by atoms with van der Waals surface area (Å²) >= 11 is 0. The van der Waals surface area contributed by atoms with E-state index in [-0.39, 0.29) is 6.10 Å². The van der Waals surface area contributed by atoms with Crippen LogP contribution in [0.4, 0.5) is 0 Å². The molecule has 1 aliphatic heterocycles. The van der Waals surface area contributed by atoms with Crippen LogP contribution in [-0.4, -0.2) is 59.5 Å². The van der Waals surface area contributed by atoms with E-state index in [2.05, 4.69) is 51.2 Å². The first kappa shape index (κ1) is 28.8. The lowest BCUT2D eigenvalue weighted by molar-refractivity contribution is 0.0598. The average molecular weight is 512 g/mol. The van der Waals surface area contributed by atoms with Crippen molar-refractivity contribution in [3.63, 3.8) is 0 Å². The maximum absolute atomic E-state index is 6.02. The van der Waals surface area contributed by atoms with Crippen molar-refractivity contribution in [3.05, 3.63) is 41.5 Å². The van der Waals surface area contributed by atoms with Gasteiger partial charge in [0, 0.05) is 25.8 Å². The molecule has 9 nitrogen and oxygen atoms in total. The molecule has 9 heteroatoms. The van der Waals surface area contributed by atoms with Gasteiger partial charge in [-0.2, -0.15) is 5.10 Å². The fourth-order valence-corrected chi connectivity index (χ4v) is 4.81. The number of nitrogens with one attached hydrogen (secondary N) is 1. The van der Waals surface area contributed by atoms with Crippen molar-refractivity contribution in [1.82, 2.24) is 20.1 Å². The molecule has 0 bridgehead atoms. The van der Waals surface area contributed by atoms with Crippen LogP contribution in [0.25, 0.3) is 0 Å². The number of aliphatic imine (C=N–C) groups is 1. The van der Waals surface area contributed by atoms with Crippen LogP contribution < -0.4 is 15.9 Å². The van der Waals surface area contributed by atoms with E-state index in [4.69, 9.17) is 20.3 Å². The molecule has 1 aliphatic carbocycles. The first-order valence-corrected chi connectivity index (χ1v) is 13.6. The molecule has 2 aromatic rings. The molecule has 0 spiro atoms. The first-order chi connectivity index (χ1) is 18.0. The Bertz CT molecular complexity index is 1000. The fourth-order valence-electron chi connectivity index (χ4n) is 4.81. The molecular weight excluding hydrogens is 466 g/mol. The highest BCUT2D eigenvalue weighted by Crippen LogP contribution is 2.33. The Morgan fingerprint density at radius 3 is 2.59 bits per heavy atom. The molecule has 2 heterocycles. The van der Waals surface area contributed by atoms with Gasteiger partial charge in [0.15, 0.2) is 5.82 Å². The largest absolute Gasteiger partial charge is 0.486 e. The van der Waals surface area contributed by atoms with Crippen molar-refractivity contribution in [2.45, 2.75) is 89.4 Å². The summed E-state index contributed by atoms with van der Waals surface area (Å²) < 4.78 is 13.9. The number of ether oxygens (including phenoxy) is 2. The predicted octanol–water partition coefficient (Wildman–Crippen LogP) is 4.33. The molecule has 0 unspecified atom stereocenters. The Morgan fingerprint density at radius 2 is 1.95 bits per heavy atom. The Labute approximate surface area is 221 Å². The second-order valence-corrected chi connectivity index (χ2v) is 10.2. The minimum atomic E-state index is -0.00836. The molecule has 1 aromatic carbocycles. The number of aromatic nitrogens is 3. The summed E-state index contributed by atoms with van der Waals surface area (Å²) in [7, 11) is 5.79. The fraction of sp³-hybridized carbons (Fsp3) is 0.643. The van der Waals surface area contributed by atoms with Crippen molar-refractivity contribution in [3.8, 4) is 5.75 Å². The lowest BCUT2D eigenvalue weighted by Gasteiger charge is -2.26. The molecule has 4 rings (SSSR count). The zero-order valence-corrected chi connectivity index (χ0v) is 23.2. The molecule has 2 aliphatic rings. The molecule has 1 atom stereocenters. The predicted molar refractivity (Wildman–Crippen MR) is 150 cm³/mol. The number of hydrogen-bond donors (Lipinski definition) is 2. The molecule has 3 N–H and O–H groups in total. The number of hydrogen-bond acceptors (Lipinski definition) is 8. The molecule has 1 saturated carbocycles. The third-order valence-electron chi connectivity index (χ3n) is 7.03. The summed E-state index contributed by atoms with van der Waals surface area (Å²) in [5.74, 6) is 9.23. The summed E-state index contributed by atoms with van der Waals surface area (Å²) in [4.78, 5) is 4.79. The molecule has 0 radical (unpaired) electrons. The number of nitrogens with two attached hydrogens (primary N) is 1. The Morgan fingerprint density at radius 1 is 1.19 bits per heavy atom. The highest BCUT2D eigenvalue weighted by Gasteiger charge is 2.26. The third-order valence-corrected chi connectivity index (χ3v) is 7.03. The van der Waals surface area contributed by atoms with E-state index in [0.717, 1.165) is 74.7 Å². The summed E-state index contributed by atoms with van der Waals surface area (Å²) in [5.41, 5.74) is 2.03. The van der Waals surface area contributed by atoms with Crippen LogP contribution in [0, 0.1) is 0 Å². The second-order valence-electron chi connectivity index (χ2n) is 10.2. The van der Waals surface area contributed by atoms with Gasteiger partial charge in [-0.3, -0.25) is 4.99 Å². The van der Waals surface area contributed by atoms with Gasteiger partial charge in [-0.25, -0.2) is 0 Å². The smallest absolute Gasteiger partial charge is 0.170 e. The van der Waals surface area contributed by atoms with E-state index in [1.165, 1.54) is 5.56 Å². The van der Waals surface area contributed by atoms with Crippen molar-refractivity contribution in [2.24, 2.45) is 23.0 Å². The molecule has 1 aromatic heterocycles. The van der Waals surface area contributed by atoms with E-state index in [1.54, 1.807) is 0 Å². The maximum atomic E-state index is 6.02. The monoisotopic (exact) mass is 511 g/mol. The zero-order chi connectivity index (χ0) is 26.6. The van der Waals surface area contributed by atoms with Crippen LogP contribution in [0.5, 0.6) is 5.75 Å². The van der Waals surface area contributed by atoms with Gasteiger partial charge in [-0.15, -0.1) is 10.2 Å². The van der Waals surface area contributed by atoms with E-state index in [0.29, 0.717) is 24.5 Å². The second kappa shape index (κ2) is 14.8. The van der Waals surface area contributed by atoms with Crippen molar-refractivity contribution in [1.29, 1.82) is 0 Å². The minimum Gasteiger partial charge on any atom is -0.486 e. The standard InChI is InChI=1S/C26H38N6O2.C2H7N/c1-18(2)20-7-6-8-22(15-20)34-17-25-30-31-26(32(25)3)19-10-12-21(13-11-19)28-16-23(29-27)24-9-4-5-14-33-24;1-3-2/h6-8,15-16,18-19,21,24H,4-5,9-14,17,27H2,1-3H3;3H,1-2H3/b28-16?,29-23+;/t19?,21?,24-;/m0./s1. The molecular formula is C28H45N7O2. The summed E-state index contributed by atoms with van der Waals surface area (Å²) in [6, 6.07) is 8.56. The van der Waals surface area contributed by atoms with Gasteiger partial charge in [-0.1, -0.05) is 26.0 Å².